The summed E-state index contributed by atoms with van der Waals surface area (Å²) in [4.78, 5) is 12.0. The highest BCUT2D eigenvalue weighted by molar-refractivity contribution is 5.77. The number of rotatable bonds is 7. The molecule has 0 aliphatic heterocycles. The maximum absolute atomic E-state index is 12.0. The van der Waals surface area contributed by atoms with Crippen LogP contribution in [0, 0.1) is 0 Å². The van der Waals surface area contributed by atoms with E-state index in [-0.39, 0.29) is 0 Å². The maximum atomic E-state index is 12.0. The van der Waals surface area contributed by atoms with Gasteiger partial charge in [0.15, 0.2) is 6.10 Å². The van der Waals surface area contributed by atoms with E-state index in [1.165, 1.54) is 14.2 Å². The molecule has 0 aromatic heterocycles. The van der Waals surface area contributed by atoms with Gasteiger partial charge < -0.3 is 24.1 Å². The Hall–Kier alpha value is -2.73. The third kappa shape index (κ3) is 4.03. The van der Waals surface area contributed by atoms with Crippen LogP contribution >= 0.6 is 0 Å². The summed E-state index contributed by atoms with van der Waals surface area (Å²) >= 11 is 0. The van der Waals surface area contributed by atoms with Gasteiger partial charge in [0.2, 0.25) is 0 Å². The van der Waals surface area contributed by atoms with Gasteiger partial charge in [-0.15, -0.1) is 0 Å². The Kier molecular flexibility index (Phi) is 6.25. The SMILES string of the molecule is COC(=O)[C@@H](O)[C@@H](c1ccc(OC)cc1)c1ccc(OC)cc1OC. The first kappa shape index (κ1) is 18.6. The minimum Gasteiger partial charge on any atom is -0.497 e. The number of benzene rings is 2. The molecule has 0 saturated carbocycles. The monoisotopic (exact) mass is 346 g/mol. The molecule has 0 amide bonds. The average molecular weight is 346 g/mol. The largest absolute Gasteiger partial charge is 0.497 e. The van der Waals surface area contributed by atoms with Crippen LogP contribution in [0.4, 0.5) is 0 Å². The number of hydrogen-bond acceptors (Lipinski definition) is 6. The molecule has 134 valence electrons. The van der Waals surface area contributed by atoms with E-state index in [2.05, 4.69) is 0 Å². The fourth-order valence-electron chi connectivity index (χ4n) is 2.68. The van der Waals surface area contributed by atoms with Crippen molar-refractivity contribution in [3.05, 3.63) is 53.6 Å². The van der Waals surface area contributed by atoms with Gasteiger partial charge in [-0.2, -0.15) is 0 Å². The number of carbonyl (C=O) groups excluding carboxylic acids is 1. The highest BCUT2D eigenvalue weighted by Crippen LogP contribution is 2.37. The molecular formula is C19H22O6. The summed E-state index contributed by atoms with van der Waals surface area (Å²) in [5.74, 6) is 0.402. The second-order valence-electron chi connectivity index (χ2n) is 5.33. The van der Waals surface area contributed by atoms with E-state index in [0.717, 1.165) is 5.56 Å². The molecule has 2 aromatic carbocycles. The predicted molar refractivity (Wildman–Crippen MR) is 92.4 cm³/mol. The third-order valence-corrected chi connectivity index (χ3v) is 4.01. The Balaban J connectivity index is 2.56. The molecule has 1 N–H and O–H groups in total. The first-order valence-corrected chi connectivity index (χ1v) is 7.67. The highest BCUT2D eigenvalue weighted by Gasteiger charge is 2.32. The zero-order chi connectivity index (χ0) is 18.4. The van der Waals surface area contributed by atoms with Gasteiger partial charge in [-0.1, -0.05) is 18.2 Å². The molecule has 0 aliphatic rings. The van der Waals surface area contributed by atoms with E-state index >= 15 is 0 Å². The Morgan fingerprint density at radius 1 is 0.880 bits per heavy atom. The zero-order valence-corrected chi connectivity index (χ0v) is 14.7. The average Bonchev–Trinajstić information content (AvgIpc) is 2.67. The zero-order valence-electron chi connectivity index (χ0n) is 14.7. The summed E-state index contributed by atoms with van der Waals surface area (Å²) < 4.78 is 20.5. The third-order valence-electron chi connectivity index (χ3n) is 4.01. The second-order valence-corrected chi connectivity index (χ2v) is 5.33. The number of methoxy groups -OCH3 is 4. The van der Waals surface area contributed by atoms with Gasteiger partial charge in [-0.25, -0.2) is 4.79 Å². The summed E-state index contributed by atoms with van der Waals surface area (Å²) in [5, 5.41) is 10.6. The topological polar surface area (TPSA) is 74.2 Å². The minimum absolute atomic E-state index is 0.503. The molecule has 0 radical (unpaired) electrons. The van der Waals surface area contributed by atoms with E-state index < -0.39 is 18.0 Å². The normalized spacial score (nSPS) is 12.8. The van der Waals surface area contributed by atoms with Gasteiger partial charge in [0, 0.05) is 17.5 Å². The Bertz CT molecular complexity index is 710. The number of carbonyl (C=O) groups is 1. The molecule has 2 rings (SSSR count). The van der Waals surface area contributed by atoms with E-state index in [4.69, 9.17) is 18.9 Å². The van der Waals surface area contributed by atoms with Gasteiger partial charge in [0.1, 0.15) is 17.2 Å². The number of aliphatic hydroxyl groups excluding tert-OH is 1. The Morgan fingerprint density at radius 2 is 1.48 bits per heavy atom. The summed E-state index contributed by atoms with van der Waals surface area (Å²) in [6, 6.07) is 12.3. The summed E-state index contributed by atoms with van der Waals surface area (Å²) in [6.07, 6.45) is -1.39. The molecule has 25 heavy (non-hydrogen) atoms. The number of aliphatic hydroxyl groups is 1. The predicted octanol–water partition coefficient (Wildman–Crippen LogP) is 2.38. The van der Waals surface area contributed by atoms with Crippen LogP contribution in [-0.2, 0) is 9.53 Å². The Morgan fingerprint density at radius 3 is 2.00 bits per heavy atom. The quantitative estimate of drug-likeness (QED) is 0.776. The minimum atomic E-state index is -1.39. The first-order chi connectivity index (χ1) is 12.0. The van der Waals surface area contributed by atoms with Crippen molar-refractivity contribution in [2.75, 3.05) is 28.4 Å². The molecule has 2 aromatic rings. The number of ether oxygens (including phenoxy) is 4. The first-order valence-electron chi connectivity index (χ1n) is 7.67. The molecule has 0 unspecified atom stereocenters. The number of hydrogen-bond donors (Lipinski definition) is 1. The lowest BCUT2D eigenvalue weighted by Gasteiger charge is -2.24. The lowest BCUT2D eigenvalue weighted by Crippen LogP contribution is -2.30. The smallest absolute Gasteiger partial charge is 0.335 e. The van der Waals surface area contributed by atoms with Crippen LogP contribution in [0.5, 0.6) is 17.2 Å². The molecule has 6 nitrogen and oxygen atoms in total. The van der Waals surface area contributed by atoms with Crippen molar-refractivity contribution >= 4 is 5.97 Å². The fraction of sp³-hybridized carbons (Fsp3) is 0.316. The maximum Gasteiger partial charge on any atom is 0.335 e. The van der Waals surface area contributed by atoms with E-state index in [9.17, 15) is 9.90 Å². The van der Waals surface area contributed by atoms with E-state index in [1.807, 2.05) is 0 Å². The van der Waals surface area contributed by atoms with Crippen molar-refractivity contribution in [1.29, 1.82) is 0 Å². The Labute approximate surface area is 146 Å². The van der Waals surface area contributed by atoms with Crippen molar-refractivity contribution in [1.82, 2.24) is 0 Å². The molecule has 2 atom stereocenters. The summed E-state index contributed by atoms with van der Waals surface area (Å²) in [6.45, 7) is 0. The van der Waals surface area contributed by atoms with Gasteiger partial charge in [-0.3, -0.25) is 0 Å². The van der Waals surface area contributed by atoms with Crippen LogP contribution in [0.2, 0.25) is 0 Å². The van der Waals surface area contributed by atoms with Crippen LogP contribution in [-0.4, -0.2) is 45.6 Å². The van der Waals surface area contributed by atoms with Crippen LogP contribution in [0.25, 0.3) is 0 Å². The van der Waals surface area contributed by atoms with Crippen LogP contribution in [0.15, 0.2) is 42.5 Å². The van der Waals surface area contributed by atoms with Gasteiger partial charge in [-0.05, 0) is 23.8 Å². The molecule has 0 fully saturated rings. The summed E-state index contributed by atoms with van der Waals surface area (Å²) in [5.41, 5.74) is 1.37. The van der Waals surface area contributed by atoms with Crippen molar-refractivity contribution < 1.29 is 28.8 Å². The van der Waals surface area contributed by atoms with Gasteiger partial charge in [0.05, 0.1) is 28.4 Å². The molecule has 0 bridgehead atoms. The molecule has 6 heteroatoms. The van der Waals surface area contributed by atoms with Crippen LogP contribution in [0.3, 0.4) is 0 Å². The van der Waals surface area contributed by atoms with Crippen molar-refractivity contribution in [3.8, 4) is 17.2 Å². The lowest BCUT2D eigenvalue weighted by atomic mass is 9.85. The standard InChI is InChI=1S/C19H22O6/c1-22-13-7-5-12(6-8-13)17(18(20)19(21)25-4)15-10-9-14(23-2)11-16(15)24-3/h5-11,17-18,20H,1-4H3/t17-,18-/m0/s1. The second kappa shape index (κ2) is 8.39. The molecule has 0 saturated heterocycles. The summed E-state index contributed by atoms with van der Waals surface area (Å²) in [7, 11) is 5.89. The van der Waals surface area contributed by atoms with Crippen molar-refractivity contribution in [2.24, 2.45) is 0 Å². The fourth-order valence-corrected chi connectivity index (χ4v) is 2.68. The van der Waals surface area contributed by atoms with E-state index in [0.29, 0.717) is 22.8 Å². The van der Waals surface area contributed by atoms with E-state index in [1.54, 1.807) is 56.7 Å². The molecule has 0 spiro atoms. The molecule has 0 heterocycles. The molecular weight excluding hydrogens is 324 g/mol. The van der Waals surface area contributed by atoms with Gasteiger partial charge in [0.25, 0.3) is 0 Å². The number of esters is 1. The lowest BCUT2D eigenvalue weighted by molar-refractivity contribution is -0.151. The van der Waals surface area contributed by atoms with Crippen LogP contribution < -0.4 is 14.2 Å². The van der Waals surface area contributed by atoms with Gasteiger partial charge >= 0.3 is 5.97 Å². The van der Waals surface area contributed by atoms with Crippen molar-refractivity contribution in [3.63, 3.8) is 0 Å². The van der Waals surface area contributed by atoms with Crippen LogP contribution in [0.1, 0.15) is 17.0 Å². The van der Waals surface area contributed by atoms with Crippen molar-refractivity contribution in [2.45, 2.75) is 12.0 Å². The molecule has 0 aliphatic carbocycles. The highest BCUT2D eigenvalue weighted by atomic mass is 16.5.